The second-order valence-electron chi connectivity index (χ2n) is 4.56. The molecule has 0 aliphatic heterocycles. The van der Waals surface area contributed by atoms with Gasteiger partial charge in [0.25, 0.3) is 0 Å². The van der Waals surface area contributed by atoms with Crippen LogP contribution in [0.15, 0.2) is 6.20 Å². The Kier molecular flexibility index (Phi) is 2.79. The highest BCUT2D eigenvalue weighted by Gasteiger charge is 2.26. The van der Waals surface area contributed by atoms with E-state index in [1.807, 2.05) is 20.2 Å². The molecule has 1 aromatic rings. The molecule has 0 N–H and O–H groups in total. The van der Waals surface area contributed by atoms with E-state index in [1.54, 1.807) is 11.6 Å². The van der Waals surface area contributed by atoms with Crippen LogP contribution in [0.2, 0.25) is 0 Å². The van der Waals surface area contributed by atoms with Crippen LogP contribution in [0.4, 0.5) is 0 Å². The van der Waals surface area contributed by atoms with Crippen molar-refractivity contribution in [1.82, 2.24) is 9.78 Å². The topological polar surface area (TPSA) is 34.9 Å². The number of carbonyl (C=O) groups is 1. The van der Waals surface area contributed by atoms with E-state index in [4.69, 9.17) is 0 Å². The highest BCUT2D eigenvalue weighted by molar-refractivity contribution is 5.77. The predicted octanol–water partition coefficient (Wildman–Crippen LogP) is 1.99. The van der Waals surface area contributed by atoms with E-state index in [-0.39, 0.29) is 11.2 Å². The van der Waals surface area contributed by atoms with E-state index in [2.05, 4.69) is 18.9 Å². The summed E-state index contributed by atoms with van der Waals surface area (Å²) in [5.41, 5.74) is 2.07. The minimum atomic E-state index is -0.107. The fraction of sp³-hybridized carbons (Fsp3) is 0.636. The number of nitrogens with zero attached hydrogens (tertiary/aromatic N) is 2. The molecular formula is C11H18N2O. The van der Waals surface area contributed by atoms with E-state index in [1.165, 1.54) is 0 Å². The van der Waals surface area contributed by atoms with Crippen LogP contribution in [0.3, 0.4) is 0 Å². The van der Waals surface area contributed by atoms with Gasteiger partial charge in [-0.3, -0.25) is 9.48 Å². The second kappa shape index (κ2) is 3.56. The molecule has 0 amide bonds. The first-order valence-electron chi connectivity index (χ1n) is 4.83. The van der Waals surface area contributed by atoms with E-state index in [0.717, 1.165) is 11.3 Å². The van der Waals surface area contributed by atoms with E-state index in [0.29, 0.717) is 6.42 Å². The summed E-state index contributed by atoms with van der Waals surface area (Å²) in [5.74, 6) is 0.221. The minimum Gasteiger partial charge on any atom is -0.300 e. The highest BCUT2D eigenvalue weighted by atomic mass is 16.1. The van der Waals surface area contributed by atoms with Crippen molar-refractivity contribution in [2.24, 2.45) is 7.05 Å². The van der Waals surface area contributed by atoms with Crippen LogP contribution in [0.5, 0.6) is 0 Å². The zero-order chi connectivity index (χ0) is 10.9. The Hall–Kier alpha value is -1.12. The molecule has 0 radical (unpaired) electrons. The Bertz CT molecular complexity index is 350. The van der Waals surface area contributed by atoms with Crippen molar-refractivity contribution in [2.75, 3.05) is 0 Å². The summed E-state index contributed by atoms with van der Waals surface area (Å²) < 4.78 is 1.80. The highest BCUT2D eigenvalue weighted by Crippen LogP contribution is 2.29. The number of Topliss-reactive ketones (excluding diaryl/α,β-unsaturated/α-hetero) is 1. The molecule has 1 aromatic heterocycles. The van der Waals surface area contributed by atoms with Gasteiger partial charge in [0.15, 0.2) is 0 Å². The Morgan fingerprint density at radius 3 is 2.50 bits per heavy atom. The molecule has 1 rings (SSSR count). The van der Waals surface area contributed by atoms with Gasteiger partial charge in [-0.2, -0.15) is 5.10 Å². The van der Waals surface area contributed by atoms with Crippen LogP contribution in [-0.4, -0.2) is 15.6 Å². The normalized spacial score (nSPS) is 11.8. The zero-order valence-corrected chi connectivity index (χ0v) is 9.59. The van der Waals surface area contributed by atoms with Crippen molar-refractivity contribution < 1.29 is 4.79 Å². The van der Waals surface area contributed by atoms with Crippen molar-refractivity contribution in [3.8, 4) is 0 Å². The van der Waals surface area contributed by atoms with Crippen molar-refractivity contribution >= 4 is 5.78 Å². The lowest BCUT2D eigenvalue weighted by atomic mass is 9.81. The largest absolute Gasteiger partial charge is 0.300 e. The first-order valence-corrected chi connectivity index (χ1v) is 4.83. The molecule has 0 unspecified atom stereocenters. The summed E-state index contributed by atoms with van der Waals surface area (Å²) in [5, 5.41) is 4.29. The molecule has 0 saturated carbocycles. The molecule has 1 heterocycles. The molecule has 0 bridgehead atoms. The summed E-state index contributed by atoms with van der Waals surface area (Å²) in [6.07, 6.45) is 2.57. The molecule has 0 aromatic carbocycles. The van der Waals surface area contributed by atoms with Gasteiger partial charge in [0.1, 0.15) is 5.78 Å². The van der Waals surface area contributed by atoms with Crippen LogP contribution >= 0.6 is 0 Å². The quantitative estimate of drug-likeness (QED) is 0.737. The number of ketones is 1. The first kappa shape index (κ1) is 11.0. The SMILES string of the molecule is CC(=O)CC(C)(C)c1cn(C)nc1C. The second-order valence-corrected chi connectivity index (χ2v) is 4.56. The summed E-state index contributed by atoms with van der Waals surface area (Å²) in [4.78, 5) is 11.1. The van der Waals surface area contributed by atoms with Crippen molar-refractivity contribution in [1.29, 1.82) is 0 Å². The van der Waals surface area contributed by atoms with Gasteiger partial charge >= 0.3 is 0 Å². The Morgan fingerprint density at radius 1 is 1.57 bits per heavy atom. The first-order chi connectivity index (χ1) is 6.33. The lowest BCUT2D eigenvalue weighted by molar-refractivity contribution is -0.118. The maximum Gasteiger partial charge on any atom is 0.130 e. The van der Waals surface area contributed by atoms with Gasteiger partial charge in [-0.05, 0) is 24.8 Å². The number of aromatic nitrogens is 2. The summed E-state index contributed by atoms with van der Waals surface area (Å²) in [7, 11) is 1.90. The fourth-order valence-electron chi connectivity index (χ4n) is 1.98. The van der Waals surface area contributed by atoms with Crippen molar-refractivity contribution in [3.63, 3.8) is 0 Å². The minimum absolute atomic E-state index is 0.107. The molecule has 78 valence electrons. The van der Waals surface area contributed by atoms with E-state index in [9.17, 15) is 4.79 Å². The summed E-state index contributed by atoms with van der Waals surface area (Å²) >= 11 is 0. The Balaban J connectivity index is 3.02. The van der Waals surface area contributed by atoms with Crippen molar-refractivity contribution in [3.05, 3.63) is 17.5 Å². The fourth-order valence-corrected chi connectivity index (χ4v) is 1.98. The van der Waals surface area contributed by atoms with Crippen molar-refractivity contribution in [2.45, 2.75) is 39.5 Å². The number of rotatable bonds is 3. The number of hydrogen-bond acceptors (Lipinski definition) is 2. The maximum absolute atomic E-state index is 11.1. The van der Waals surface area contributed by atoms with Gasteiger partial charge in [0, 0.05) is 19.7 Å². The monoisotopic (exact) mass is 194 g/mol. The molecule has 0 spiro atoms. The molecule has 0 atom stereocenters. The predicted molar refractivity (Wildman–Crippen MR) is 56.3 cm³/mol. The molecule has 0 fully saturated rings. The van der Waals surface area contributed by atoms with E-state index >= 15 is 0 Å². The number of aryl methyl sites for hydroxylation is 2. The van der Waals surface area contributed by atoms with Crippen LogP contribution in [0, 0.1) is 6.92 Å². The third-order valence-corrected chi connectivity index (χ3v) is 2.43. The lowest BCUT2D eigenvalue weighted by Gasteiger charge is -2.22. The molecule has 0 aliphatic rings. The molecule has 14 heavy (non-hydrogen) atoms. The van der Waals surface area contributed by atoms with Crippen LogP contribution in [0.1, 0.15) is 38.4 Å². The van der Waals surface area contributed by atoms with Crippen LogP contribution in [-0.2, 0) is 17.3 Å². The van der Waals surface area contributed by atoms with Gasteiger partial charge in [-0.1, -0.05) is 13.8 Å². The summed E-state index contributed by atoms with van der Waals surface area (Å²) in [6.45, 7) is 7.78. The van der Waals surface area contributed by atoms with Gasteiger partial charge in [-0.25, -0.2) is 0 Å². The molecule has 3 heteroatoms. The molecule has 3 nitrogen and oxygen atoms in total. The standard InChI is InChI=1S/C11H18N2O/c1-8(14)6-11(3,4)10-7-13(5)12-9(10)2/h7H,6H2,1-5H3. The molecular weight excluding hydrogens is 176 g/mol. The average molecular weight is 194 g/mol. The smallest absolute Gasteiger partial charge is 0.130 e. The third-order valence-electron chi connectivity index (χ3n) is 2.43. The lowest BCUT2D eigenvalue weighted by Crippen LogP contribution is -2.21. The van der Waals surface area contributed by atoms with Crippen LogP contribution < -0.4 is 0 Å². The maximum atomic E-state index is 11.1. The van der Waals surface area contributed by atoms with Gasteiger partial charge in [0.05, 0.1) is 5.69 Å². The average Bonchev–Trinajstić information content (AvgIpc) is 2.27. The Labute approximate surface area is 85.1 Å². The number of hydrogen-bond donors (Lipinski definition) is 0. The zero-order valence-electron chi connectivity index (χ0n) is 9.59. The van der Waals surface area contributed by atoms with Gasteiger partial charge in [-0.15, -0.1) is 0 Å². The Morgan fingerprint density at radius 2 is 2.14 bits per heavy atom. The van der Waals surface area contributed by atoms with Crippen LogP contribution in [0.25, 0.3) is 0 Å². The molecule has 0 aliphatic carbocycles. The van der Waals surface area contributed by atoms with E-state index < -0.39 is 0 Å². The van der Waals surface area contributed by atoms with Gasteiger partial charge in [0.2, 0.25) is 0 Å². The third kappa shape index (κ3) is 2.22. The summed E-state index contributed by atoms with van der Waals surface area (Å²) in [6, 6.07) is 0. The van der Waals surface area contributed by atoms with Gasteiger partial charge < -0.3 is 0 Å². The molecule has 0 saturated heterocycles. The number of carbonyl (C=O) groups excluding carboxylic acids is 1.